The summed E-state index contributed by atoms with van der Waals surface area (Å²) in [5.74, 6) is 3.78. The summed E-state index contributed by atoms with van der Waals surface area (Å²) in [4.78, 5) is 0. The molecule has 0 aliphatic carbocycles. The predicted octanol–water partition coefficient (Wildman–Crippen LogP) is 20.1. The van der Waals surface area contributed by atoms with Crippen molar-refractivity contribution in [2.45, 2.75) is 209 Å². The lowest BCUT2D eigenvalue weighted by Gasteiger charge is -2.29. The molecule has 0 bridgehead atoms. The van der Waals surface area contributed by atoms with Crippen molar-refractivity contribution in [1.29, 1.82) is 0 Å². The smallest absolute Gasteiger partial charge is 0.123 e. The van der Waals surface area contributed by atoms with Gasteiger partial charge in [0, 0.05) is 15.8 Å². The van der Waals surface area contributed by atoms with Crippen LogP contribution >= 0.6 is 15.8 Å². The van der Waals surface area contributed by atoms with Gasteiger partial charge in [0.2, 0.25) is 0 Å². The van der Waals surface area contributed by atoms with E-state index in [1.807, 2.05) is 0 Å². The summed E-state index contributed by atoms with van der Waals surface area (Å²) in [5.41, 5.74) is 12.3. The topological polar surface area (TPSA) is 36.9 Å². The van der Waals surface area contributed by atoms with Crippen molar-refractivity contribution >= 4 is 26.5 Å². The molecule has 422 valence electrons. The van der Waals surface area contributed by atoms with Crippen molar-refractivity contribution in [2.75, 3.05) is 25.4 Å². The van der Waals surface area contributed by atoms with Crippen molar-refractivity contribution in [3.05, 3.63) is 166 Å². The van der Waals surface area contributed by atoms with Gasteiger partial charge in [0.25, 0.3) is 0 Å². The summed E-state index contributed by atoms with van der Waals surface area (Å²) in [6.45, 7) is 54.7. The molecule has 6 heteroatoms. The molecule has 0 spiro atoms. The van der Waals surface area contributed by atoms with Gasteiger partial charge in [0.15, 0.2) is 0 Å². The van der Waals surface area contributed by atoms with E-state index in [2.05, 4.69) is 287 Å². The Balaban J connectivity index is 1.33. The van der Waals surface area contributed by atoms with Gasteiger partial charge in [-0.1, -0.05) is 263 Å². The number of ether oxygens (including phenoxy) is 4. The molecule has 6 aromatic carbocycles. The first-order chi connectivity index (χ1) is 35.7. The molecular weight excluding hydrogens is 991 g/mol. The lowest BCUT2D eigenvalue weighted by atomic mass is 9.80. The second kappa shape index (κ2) is 23.5. The molecule has 0 atom stereocenters. The van der Waals surface area contributed by atoms with E-state index in [-0.39, 0.29) is 43.3 Å². The summed E-state index contributed by atoms with van der Waals surface area (Å²) in [6.07, 6.45) is 2.15. The summed E-state index contributed by atoms with van der Waals surface area (Å²) in [6, 6.07) is 45.4. The van der Waals surface area contributed by atoms with Crippen molar-refractivity contribution in [1.82, 2.24) is 0 Å². The van der Waals surface area contributed by atoms with Gasteiger partial charge >= 0.3 is 0 Å². The van der Waals surface area contributed by atoms with Gasteiger partial charge in [-0.05, 0) is 134 Å². The van der Waals surface area contributed by atoms with E-state index >= 15 is 0 Å². The van der Waals surface area contributed by atoms with Crippen molar-refractivity contribution in [3.63, 3.8) is 0 Å². The Labute approximate surface area is 477 Å². The van der Waals surface area contributed by atoms with Crippen LogP contribution in [0.15, 0.2) is 121 Å². The van der Waals surface area contributed by atoms with E-state index in [0.29, 0.717) is 25.4 Å². The van der Waals surface area contributed by atoms with Crippen LogP contribution in [0.3, 0.4) is 0 Å². The molecule has 0 saturated carbocycles. The zero-order valence-electron chi connectivity index (χ0n) is 52.9. The molecule has 0 unspecified atom stereocenters. The number of hydrogen-bond acceptors (Lipinski definition) is 4. The highest BCUT2D eigenvalue weighted by atomic mass is 31.1. The highest BCUT2D eigenvalue weighted by Gasteiger charge is 2.29. The number of rotatable bonds is 15. The Morgan fingerprint density at radius 1 is 0.244 bits per heavy atom. The summed E-state index contributed by atoms with van der Waals surface area (Å²) in [7, 11) is -1.82. The highest BCUT2D eigenvalue weighted by molar-refractivity contribution is 7.65. The molecule has 0 fully saturated rings. The fraction of sp³-hybridized carbons (Fsp3) is 0.500. The normalized spacial score (nSPS) is 13.3. The second-order valence-corrected chi connectivity index (χ2v) is 34.3. The molecule has 6 rings (SSSR count). The average Bonchev–Trinajstić information content (AvgIpc) is 3.33. The average molecular weight is 1090 g/mol. The third-order valence-electron chi connectivity index (χ3n) is 14.9. The fourth-order valence-corrected chi connectivity index (χ4v) is 12.6. The minimum absolute atomic E-state index is 0.0332. The van der Waals surface area contributed by atoms with Crippen LogP contribution in [0, 0.1) is 0 Å². The second-order valence-electron chi connectivity index (χ2n) is 30.1. The van der Waals surface area contributed by atoms with Gasteiger partial charge < -0.3 is 18.9 Å². The highest BCUT2D eigenvalue weighted by Crippen LogP contribution is 2.45. The van der Waals surface area contributed by atoms with Gasteiger partial charge in [-0.15, -0.1) is 0 Å². The Kier molecular flexibility index (Phi) is 18.8. The minimum atomic E-state index is -0.908. The maximum absolute atomic E-state index is 6.96. The van der Waals surface area contributed by atoms with Gasteiger partial charge in [-0.25, -0.2) is 0 Å². The van der Waals surface area contributed by atoms with Crippen LogP contribution in [0.2, 0.25) is 0 Å². The first-order valence-corrected chi connectivity index (χ1v) is 32.0. The van der Waals surface area contributed by atoms with Gasteiger partial charge in [-0.3, -0.25) is 0 Å². The quantitative estimate of drug-likeness (QED) is 0.0961. The Morgan fingerprint density at radius 3 is 0.603 bits per heavy atom. The standard InChI is InChI=1S/C72H100O4P2/c1-65(2,3)51-29-37-61(57(41-51)69(13,14)15)73-45-77(46-74-62-38-30-52(66(4,5)6)42-58(62)70(16,17)18)55-33-25-49(26-34-55)50-27-35-56(36-28-50)78(47-75-63-39-31-53(67(7,8)9)43-59(63)71(19,20)21)48-76-64-40-32-54(68(10,11)12)44-60(64)72(22,23)24/h25-44H,45-48H2,1-24H3. The zero-order chi connectivity index (χ0) is 58.2. The Hall–Kier alpha value is -4.62. The maximum atomic E-state index is 6.96. The molecule has 78 heavy (non-hydrogen) atoms. The Bertz CT molecular complexity index is 2600. The van der Waals surface area contributed by atoms with Crippen molar-refractivity contribution < 1.29 is 18.9 Å². The third-order valence-corrected chi connectivity index (χ3v) is 18.7. The molecule has 0 amide bonds. The molecular formula is C72H100O4P2. The van der Waals surface area contributed by atoms with Crippen LogP contribution < -0.4 is 29.6 Å². The van der Waals surface area contributed by atoms with E-state index in [9.17, 15) is 0 Å². The van der Waals surface area contributed by atoms with Crippen LogP contribution in [0.4, 0.5) is 0 Å². The summed E-state index contributed by atoms with van der Waals surface area (Å²) >= 11 is 0. The summed E-state index contributed by atoms with van der Waals surface area (Å²) in [5, 5.41) is 2.48. The van der Waals surface area contributed by atoms with Gasteiger partial charge in [-0.2, -0.15) is 0 Å². The van der Waals surface area contributed by atoms with E-state index < -0.39 is 15.8 Å². The molecule has 0 N–H and O–H groups in total. The van der Waals surface area contributed by atoms with Crippen molar-refractivity contribution in [2.24, 2.45) is 0 Å². The van der Waals surface area contributed by atoms with Crippen LogP contribution in [0.5, 0.6) is 23.0 Å². The minimum Gasteiger partial charge on any atom is -0.488 e. The van der Waals surface area contributed by atoms with Crippen LogP contribution in [0.1, 0.15) is 211 Å². The third kappa shape index (κ3) is 16.3. The molecule has 0 heterocycles. The first kappa shape index (κ1) is 62.6. The van der Waals surface area contributed by atoms with Crippen molar-refractivity contribution in [3.8, 4) is 34.1 Å². The van der Waals surface area contributed by atoms with Gasteiger partial charge in [0.1, 0.15) is 48.4 Å². The summed E-state index contributed by atoms with van der Waals surface area (Å²) < 4.78 is 27.8. The lowest BCUT2D eigenvalue weighted by molar-refractivity contribution is 0.352. The largest absolute Gasteiger partial charge is 0.488 e. The van der Waals surface area contributed by atoms with Gasteiger partial charge in [0.05, 0.1) is 0 Å². The van der Waals surface area contributed by atoms with Crippen LogP contribution in [-0.4, -0.2) is 25.4 Å². The monoisotopic (exact) mass is 1090 g/mol. The van der Waals surface area contributed by atoms with Crippen LogP contribution in [-0.2, 0) is 43.3 Å². The zero-order valence-corrected chi connectivity index (χ0v) is 54.7. The SMILES string of the molecule is CC(C)(C)c1ccc(OCP(COc2ccc(C(C)(C)C)cc2C(C)(C)C)c2ccc(-c3ccc(P(COc4ccc(C(C)(C)C)cc4C(C)(C)C)COc4ccc(C(C)(C)C)cc4C(C)(C)C)cc3)cc2)c(C(C)(C)C)c1. The molecule has 0 radical (unpaired) electrons. The maximum Gasteiger partial charge on any atom is 0.123 e. The molecule has 0 aliphatic heterocycles. The first-order valence-electron chi connectivity index (χ1n) is 28.5. The number of hydrogen-bond donors (Lipinski definition) is 0. The van der Waals surface area contributed by atoms with E-state index in [0.717, 1.165) is 23.0 Å². The molecule has 0 aromatic heterocycles. The lowest BCUT2D eigenvalue weighted by Crippen LogP contribution is -2.20. The number of benzene rings is 6. The van der Waals surface area contributed by atoms with Crippen LogP contribution in [0.25, 0.3) is 11.1 Å². The van der Waals surface area contributed by atoms with E-state index in [1.165, 1.54) is 66.2 Å². The fourth-order valence-electron chi connectivity index (χ4n) is 9.53. The molecule has 6 aromatic rings. The Morgan fingerprint density at radius 2 is 0.436 bits per heavy atom. The molecule has 0 aliphatic rings. The van der Waals surface area contributed by atoms with E-state index in [1.54, 1.807) is 0 Å². The van der Waals surface area contributed by atoms with E-state index in [4.69, 9.17) is 18.9 Å². The predicted molar refractivity (Wildman–Crippen MR) is 342 cm³/mol. The molecule has 0 saturated heterocycles. The molecule has 4 nitrogen and oxygen atoms in total.